The van der Waals surface area contributed by atoms with Crippen molar-refractivity contribution in [1.29, 1.82) is 0 Å². The molecule has 3 N–H and O–H groups in total. The van der Waals surface area contributed by atoms with Gasteiger partial charge in [-0.1, -0.05) is 11.3 Å². The van der Waals surface area contributed by atoms with Crippen LogP contribution >= 0.6 is 11.3 Å². The summed E-state index contributed by atoms with van der Waals surface area (Å²) in [7, 11) is 0. The largest absolute Gasteiger partial charge is 0.476 e. The Hall–Kier alpha value is -1.14. The number of rotatable bonds is 4. The molecule has 0 saturated heterocycles. The van der Waals surface area contributed by atoms with Crippen LogP contribution in [0.15, 0.2) is 5.38 Å². The van der Waals surface area contributed by atoms with Crippen molar-refractivity contribution in [3.8, 4) is 5.19 Å². The molecule has 13 heavy (non-hydrogen) atoms. The molecule has 1 atom stereocenters. The molecule has 0 bridgehead atoms. The van der Waals surface area contributed by atoms with Crippen LogP contribution in [0, 0.1) is 0 Å². The minimum absolute atomic E-state index is 0.00433. The molecular formula is C7H10N2O3S. The number of hydrogen-bond donors (Lipinski definition) is 2. The van der Waals surface area contributed by atoms with Crippen LogP contribution in [0.1, 0.15) is 17.4 Å². The first-order chi connectivity index (χ1) is 6.09. The van der Waals surface area contributed by atoms with Gasteiger partial charge in [-0.05, 0) is 6.92 Å². The maximum absolute atomic E-state index is 10.4. The molecule has 0 aliphatic carbocycles. The fourth-order valence-electron chi connectivity index (χ4n) is 0.625. The van der Waals surface area contributed by atoms with E-state index in [9.17, 15) is 4.79 Å². The Kier molecular flexibility index (Phi) is 3.21. The highest BCUT2D eigenvalue weighted by molar-refractivity contribution is 7.11. The minimum atomic E-state index is -1.05. The molecule has 0 radical (unpaired) electrons. The van der Waals surface area contributed by atoms with Crippen LogP contribution < -0.4 is 10.5 Å². The number of aromatic nitrogens is 1. The van der Waals surface area contributed by atoms with Gasteiger partial charge in [0.1, 0.15) is 6.61 Å². The zero-order valence-corrected chi connectivity index (χ0v) is 7.87. The Labute approximate surface area is 79.2 Å². The first kappa shape index (κ1) is 9.94. The molecule has 0 fully saturated rings. The highest BCUT2D eigenvalue weighted by Crippen LogP contribution is 2.17. The average Bonchev–Trinajstić information content (AvgIpc) is 2.48. The molecule has 0 aliphatic heterocycles. The summed E-state index contributed by atoms with van der Waals surface area (Å²) in [6.07, 6.45) is 0. The van der Waals surface area contributed by atoms with Crippen LogP contribution in [-0.2, 0) is 0 Å². The van der Waals surface area contributed by atoms with Gasteiger partial charge in [0, 0.05) is 11.4 Å². The smallest absolute Gasteiger partial charge is 0.355 e. The first-order valence-corrected chi connectivity index (χ1v) is 4.54. The number of carbonyl (C=O) groups is 1. The lowest BCUT2D eigenvalue weighted by Gasteiger charge is -2.03. The maximum Gasteiger partial charge on any atom is 0.355 e. The number of thiazole rings is 1. The predicted molar refractivity (Wildman–Crippen MR) is 48.2 cm³/mol. The predicted octanol–water partition coefficient (Wildman–Crippen LogP) is 0.567. The van der Waals surface area contributed by atoms with Crippen molar-refractivity contribution in [3.05, 3.63) is 11.1 Å². The number of aromatic carboxylic acids is 1. The number of ether oxygens (including phenoxy) is 1. The lowest BCUT2D eigenvalue weighted by atomic mass is 10.4. The van der Waals surface area contributed by atoms with Gasteiger partial charge in [-0.15, -0.1) is 0 Å². The topological polar surface area (TPSA) is 85.4 Å². The van der Waals surface area contributed by atoms with Gasteiger partial charge >= 0.3 is 5.97 Å². The van der Waals surface area contributed by atoms with Crippen LogP contribution in [0.5, 0.6) is 5.19 Å². The van der Waals surface area contributed by atoms with Crippen LogP contribution in [0.3, 0.4) is 0 Å². The molecule has 1 aromatic heterocycles. The van der Waals surface area contributed by atoms with E-state index in [0.29, 0.717) is 11.8 Å². The molecule has 1 rings (SSSR count). The molecule has 6 heteroatoms. The van der Waals surface area contributed by atoms with E-state index in [1.807, 2.05) is 0 Å². The van der Waals surface area contributed by atoms with Crippen LogP contribution in [0.2, 0.25) is 0 Å². The monoisotopic (exact) mass is 202 g/mol. The van der Waals surface area contributed by atoms with Crippen molar-refractivity contribution in [2.75, 3.05) is 6.61 Å². The zero-order valence-electron chi connectivity index (χ0n) is 7.06. The lowest BCUT2D eigenvalue weighted by Crippen LogP contribution is -2.23. The van der Waals surface area contributed by atoms with Crippen molar-refractivity contribution >= 4 is 17.3 Å². The Morgan fingerprint density at radius 2 is 2.62 bits per heavy atom. The van der Waals surface area contributed by atoms with E-state index >= 15 is 0 Å². The van der Waals surface area contributed by atoms with E-state index in [0.717, 1.165) is 11.3 Å². The second-order valence-corrected chi connectivity index (χ2v) is 3.41. The molecule has 0 saturated carbocycles. The maximum atomic E-state index is 10.4. The summed E-state index contributed by atoms with van der Waals surface area (Å²) in [5.74, 6) is -1.05. The summed E-state index contributed by atoms with van der Waals surface area (Å²) in [5, 5.41) is 10.3. The summed E-state index contributed by atoms with van der Waals surface area (Å²) >= 11 is 1.15. The standard InChI is InChI=1S/C7H10N2O3S/c1-4(8)2-12-7-9-5(3-13-7)6(10)11/h3-4H,2,8H2,1H3,(H,10,11). The summed E-state index contributed by atoms with van der Waals surface area (Å²) in [5.41, 5.74) is 5.45. The first-order valence-electron chi connectivity index (χ1n) is 3.67. The van der Waals surface area contributed by atoms with E-state index in [-0.39, 0.29) is 11.7 Å². The molecule has 0 spiro atoms. The number of carboxylic acid groups (broad SMARTS) is 1. The molecule has 0 amide bonds. The zero-order chi connectivity index (χ0) is 9.84. The van der Waals surface area contributed by atoms with E-state index in [4.69, 9.17) is 15.6 Å². The summed E-state index contributed by atoms with van der Waals surface area (Å²) in [4.78, 5) is 14.1. The number of nitrogens with zero attached hydrogens (tertiary/aromatic N) is 1. The van der Waals surface area contributed by atoms with Crippen molar-refractivity contribution < 1.29 is 14.6 Å². The number of nitrogens with two attached hydrogens (primary N) is 1. The molecule has 0 aromatic carbocycles. The SMILES string of the molecule is CC(N)COc1nc(C(=O)O)cs1. The fourth-order valence-corrected chi connectivity index (χ4v) is 1.28. The number of hydrogen-bond acceptors (Lipinski definition) is 5. The van der Waals surface area contributed by atoms with E-state index in [1.165, 1.54) is 5.38 Å². The third-order valence-electron chi connectivity index (χ3n) is 1.17. The molecule has 1 aromatic rings. The van der Waals surface area contributed by atoms with Crippen molar-refractivity contribution in [3.63, 3.8) is 0 Å². The van der Waals surface area contributed by atoms with Gasteiger partial charge in [-0.2, -0.15) is 4.98 Å². The Morgan fingerprint density at radius 1 is 1.92 bits per heavy atom. The highest BCUT2D eigenvalue weighted by Gasteiger charge is 2.09. The van der Waals surface area contributed by atoms with Crippen LogP contribution in [0.25, 0.3) is 0 Å². The molecular weight excluding hydrogens is 192 g/mol. The molecule has 72 valence electrons. The Bertz CT molecular complexity index is 298. The van der Waals surface area contributed by atoms with Gasteiger partial charge in [0.05, 0.1) is 0 Å². The van der Waals surface area contributed by atoms with Gasteiger partial charge in [0.25, 0.3) is 5.19 Å². The van der Waals surface area contributed by atoms with Gasteiger partial charge in [0.2, 0.25) is 0 Å². The molecule has 5 nitrogen and oxygen atoms in total. The third kappa shape index (κ3) is 3.00. The summed E-state index contributed by atoms with van der Waals surface area (Å²) in [6.45, 7) is 2.14. The second kappa shape index (κ2) is 4.20. The molecule has 1 heterocycles. The minimum Gasteiger partial charge on any atom is -0.476 e. The molecule has 0 aliphatic rings. The van der Waals surface area contributed by atoms with Crippen LogP contribution in [0.4, 0.5) is 0 Å². The molecule has 1 unspecified atom stereocenters. The normalized spacial score (nSPS) is 12.5. The second-order valence-electron chi connectivity index (χ2n) is 2.59. The summed E-state index contributed by atoms with van der Waals surface area (Å²) in [6, 6.07) is -0.0859. The Balaban J connectivity index is 2.54. The van der Waals surface area contributed by atoms with Gasteiger partial charge in [-0.25, -0.2) is 4.79 Å². The van der Waals surface area contributed by atoms with E-state index < -0.39 is 5.97 Å². The Morgan fingerprint density at radius 3 is 3.08 bits per heavy atom. The average molecular weight is 202 g/mol. The number of carboxylic acids is 1. The lowest BCUT2D eigenvalue weighted by molar-refractivity contribution is 0.0690. The van der Waals surface area contributed by atoms with Gasteiger partial charge < -0.3 is 15.6 Å². The third-order valence-corrected chi connectivity index (χ3v) is 1.92. The van der Waals surface area contributed by atoms with Crippen LogP contribution in [-0.4, -0.2) is 28.7 Å². The van der Waals surface area contributed by atoms with Gasteiger partial charge in [0.15, 0.2) is 5.69 Å². The summed E-state index contributed by atoms with van der Waals surface area (Å²) < 4.78 is 5.12. The van der Waals surface area contributed by atoms with E-state index in [1.54, 1.807) is 6.92 Å². The van der Waals surface area contributed by atoms with Crippen molar-refractivity contribution in [2.45, 2.75) is 13.0 Å². The van der Waals surface area contributed by atoms with Gasteiger partial charge in [-0.3, -0.25) is 0 Å². The quantitative estimate of drug-likeness (QED) is 0.745. The fraction of sp³-hybridized carbons (Fsp3) is 0.429. The van der Waals surface area contributed by atoms with Crippen molar-refractivity contribution in [1.82, 2.24) is 4.98 Å². The van der Waals surface area contributed by atoms with E-state index in [2.05, 4.69) is 4.98 Å². The van der Waals surface area contributed by atoms with Crippen molar-refractivity contribution in [2.24, 2.45) is 5.73 Å². The highest BCUT2D eigenvalue weighted by atomic mass is 32.1.